The van der Waals surface area contributed by atoms with Crippen LogP contribution in [0.2, 0.25) is 0 Å². The van der Waals surface area contributed by atoms with Crippen LogP contribution in [-0.4, -0.2) is 23.4 Å². The van der Waals surface area contributed by atoms with E-state index in [1.807, 2.05) is 34.7 Å². The fraction of sp³-hybridized carbons (Fsp3) is 0.700. The highest BCUT2D eigenvalue weighted by Crippen LogP contribution is 2.14. The lowest BCUT2D eigenvalue weighted by molar-refractivity contribution is -0.130. The van der Waals surface area contributed by atoms with Crippen LogP contribution in [0.4, 0.5) is 0 Å². The fourth-order valence-electron chi connectivity index (χ4n) is 0.693. The molecule has 2 nitrogen and oxygen atoms in total. The number of nitrogens with zero attached hydrogens (tertiary/aromatic N) is 1. The minimum absolute atomic E-state index is 0.0463. The van der Waals surface area contributed by atoms with E-state index in [0.717, 1.165) is 6.42 Å². The number of amides is 1. The molecular formula is C10H19NO. The van der Waals surface area contributed by atoms with Crippen molar-refractivity contribution in [2.24, 2.45) is 0 Å². The number of rotatable bonds is 2. The molecule has 0 aromatic heterocycles. The second-order valence-corrected chi connectivity index (χ2v) is 3.99. The number of hydrogen-bond acceptors (Lipinski definition) is 1. The predicted octanol–water partition coefficient (Wildman–Crippen LogP) is 2.21. The number of carbonyl (C=O) groups is 1. The van der Waals surface area contributed by atoms with E-state index < -0.39 is 0 Å². The summed E-state index contributed by atoms with van der Waals surface area (Å²) in [6.07, 6.45) is 0.721. The van der Waals surface area contributed by atoms with Gasteiger partial charge in [0.1, 0.15) is 0 Å². The van der Waals surface area contributed by atoms with Gasteiger partial charge in [0.15, 0.2) is 0 Å². The monoisotopic (exact) mass is 169 g/mol. The maximum absolute atomic E-state index is 11.5. The molecule has 0 spiro atoms. The average molecular weight is 169 g/mol. The van der Waals surface area contributed by atoms with Crippen molar-refractivity contribution in [1.82, 2.24) is 4.90 Å². The minimum atomic E-state index is -0.116. The van der Waals surface area contributed by atoms with E-state index in [0.29, 0.717) is 5.57 Å². The molecule has 0 aromatic rings. The number of carbonyl (C=O) groups excluding carboxylic acids is 1. The SMILES string of the molecule is C=C(CC)C(=O)N(C)C(C)(C)C. The van der Waals surface area contributed by atoms with Gasteiger partial charge in [-0.25, -0.2) is 0 Å². The van der Waals surface area contributed by atoms with Gasteiger partial charge >= 0.3 is 0 Å². The van der Waals surface area contributed by atoms with Gasteiger partial charge in [-0.05, 0) is 27.2 Å². The molecule has 0 fully saturated rings. The standard InChI is InChI=1S/C10H19NO/c1-7-8(2)9(12)11(6)10(3,4)5/h2,7H2,1,3-6H3. The van der Waals surface area contributed by atoms with Crippen LogP contribution in [0.25, 0.3) is 0 Å². The first-order chi connectivity index (χ1) is 5.30. The van der Waals surface area contributed by atoms with E-state index in [2.05, 4.69) is 6.58 Å². The van der Waals surface area contributed by atoms with Gasteiger partial charge in [-0.3, -0.25) is 4.79 Å². The average Bonchev–Trinajstić information content (AvgIpc) is 1.98. The Bertz CT molecular complexity index is 189. The highest BCUT2D eigenvalue weighted by atomic mass is 16.2. The Labute approximate surface area is 75.3 Å². The second-order valence-electron chi connectivity index (χ2n) is 3.99. The Kier molecular flexibility index (Phi) is 3.50. The fourth-order valence-corrected chi connectivity index (χ4v) is 0.693. The summed E-state index contributed by atoms with van der Waals surface area (Å²) in [5.74, 6) is 0.0463. The van der Waals surface area contributed by atoms with Crippen LogP contribution in [0, 0.1) is 0 Å². The quantitative estimate of drug-likeness (QED) is 0.580. The summed E-state index contributed by atoms with van der Waals surface area (Å²) in [7, 11) is 1.81. The summed E-state index contributed by atoms with van der Waals surface area (Å²) in [6.45, 7) is 11.7. The molecule has 0 rings (SSSR count). The van der Waals surface area contributed by atoms with Gasteiger partial charge in [-0.1, -0.05) is 13.5 Å². The van der Waals surface area contributed by atoms with Crippen molar-refractivity contribution in [3.63, 3.8) is 0 Å². The topological polar surface area (TPSA) is 20.3 Å². The van der Waals surface area contributed by atoms with Gasteiger partial charge in [-0.2, -0.15) is 0 Å². The van der Waals surface area contributed by atoms with E-state index in [4.69, 9.17) is 0 Å². The lowest BCUT2D eigenvalue weighted by Gasteiger charge is -2.32. The van der Waals surface area contributed by atoms with Crippen molar-refractivity contribution in [2.75, 3.05) is 7.05 Å². The van der Waals surface area contributed by atoms with Gasteiger partial charge in [-0.15, -0.1) is 0 Å². The normalized spacial score (nSPS) is 11.1. The second kappa shape index (κ2) is 3.74. The van der Waals surface area contributed by atoms with Crippen LogP contribution in [0.15, 0.2) is 12.2 Å². The molecule has 0 aliphatic rings. The van der Waals surface area contributed by atoms with E-state index >= 15 is 0 Å². The maximum atomic E-state index is 11.5. The summed E-state index contributed by atoms with van der Waals surface area (Å²) in [6, 6.07) is 0. The highest BCUT2D eigenvalue weighted by molar-refractivity contribution is 5.92. The van der Waals surface area contributed by atoms with Gasteiger partial charge in [0.05, 0.1) is 0 Å². The molecule has 2 heteroatoms. The lowest BCUT2D eigenvalue weighted by atomic mass is 10.1. The Morgan fingerprint density at radius 1 is 1.42 bits per heavy atom. The molecule has 0 aromatic carbocycles. The van der Waals surface area contributed by atoms with Crippen molar-refractivity contribution in [3.05, 3.63) is 12.2 Å². The summed E-state index contributed by atoms with van der Waals surface area (Å²) in [4.78, 5) is 13.3. The molecule has 0 heterocycles. The zero-order chi connectivity index (χ0) is 9.94. The highest BCUT2D eigenvalue weighted by Gasteiger charge is 2.22. The van der Waals surface area contributed by atoms with Crippen molar-refractivity contribution < 1.29 is 4.79 Å². The van der Waals surface area contributed by atoms with Crippen LogP contribution >= 0.6 is 0 Å². The Balaban J connectivity index is 4.41. The zero-order valence-electron chi connectivity index (χ0n) is 8.77. The number of hydrogen-bond donors (Lipinski definition) is 0. The molecule has 0 bridgehead atoms. The Morgan fingerprint density at radius 2 is 1.83 bits per heavy atom. The first-order valence-electron chi connectivity index (χ1n) is 4.26. The van der Waals surface area contributed by atoms with Crippen molar-refractivity contribution in [1.29, 1.82) is 0 Å². The lowest BCUT2D eigenvalue weighted by Crippen LogP contribution is -2.43. The molecule has 0 unspecified atom stereocenters. The van der Waals surface area contributed by atoms with Gasteiger partial charge in [0, 0.05) is 18.2 Å². The van der Waals surface area contributed by atoms with E-state index in [1.165, 1.54) is 0 Å². The van der Waals surface area contributed by atoms with Crippen LogP contribution in [-0.2, 0) is 4.79 Å². The third-order valence-corrected chi connectivity index (χ3v) is 2.04. The molecule has 0 N–H and O–H groups in total. The van der Waals surface area contributed by atoms with Crippen LogP contribution in [0.1, 0.15) is 34.1 Å². The van der Waals surface area contributed by atoms with E-state index in [9.17, 15) is 4.79 Å². The van der Waals surface area contributed by atoms with Crippen molar-refractivity contribution >= 4 is 5.91 Å². The molecule has 0 saturated carbocycles. The summed E-state index contributed by atoms with van der Waals surface area (Å²) in [5.41, 5.74) is 0.558. The van der Waals surface area contributed by atoms with E-state index in [-0.39, 0.29) is 11.4 Å². The minimum Gasteiger partial charge on any atom is -0.337 e. The smallest absolute Gasteiger partial charge is 0.249 e. The van der Waals surface area contributed by atoms with E-state index in [1.54, 1.807) is 4.90 Å². The summed E-state index contributed by atoms with van der Waals surface area (Å²) >= 11 is 0. The molecule has 0 aliphatic carbocycles. The van der Waals surface area contributed by atoms with Crippen LogP contribution in [0.3, 0.4) is 0 Å². The van der Waals surface area contributed by atoms with Gasteiger partial charge < -0.3 is 4.90 Å². The third kappa shape index (κ3) is 2.68. The largest absolute Gasteiger partial charge is 0.337 e. The summed E-state index contributed by atoms with van der Waals surface area (Å²) in [5, 5.41) is 0. The first kappa shape index (κ1) is 11.2. The molecular weight excluding hydrogens is 150 g/mol. The molecule has 0 radical (unpaired) electrons. The molecule has 0 atom stereocenters. The summed E-state index contributed by atoms with van der Waals surface area (Å²) < 4.78 is 0. The van der Waals surface area contributed by atoms with Crippen LogP contribution < -0.4 is 0 Å². The third-order valence-electron chi connectivity index (χ3n) is 2.04. The first-order valence-corrected chi connectivity index (χ1v) is 4.26. The molecule has 1 amide bonds. The maximum Gasteiger partial charge on any atom is 0.249 e. The number of likely N-dealkylation sites (N-methyl/N-ethyl adjacent to an activating group) is 1. The Hall–Kier alpha value is -0.790. The molecule has 0 saturated heterocycles. The molecule has 12 heavy (non-hydrogen) atoms. The zero-order valence-corrected chi connectivity index (χ0v) is 8.77. The van der Waals surface area contributed by atoms with Crippen LogP contribution in [0.5, 0.6) is 0 Å². The predicted molar refractivity (Wildman–Crippen MR) is 52.0 cm³/mol. The molecule has 0 aliphatic heterocycles. The van der Waals surface area contributed by atoms with Crippen molar-refractivity contribution in [2.45, 2.75) is 39.7 Å². The van der Waals surface area contributed by atoms with Gasteiger partial charge in [0.25, 0.3) is 0 Å². The Morgan fingerprint density at radius 3 is 2.08 bits per heavy atom. The van der Waals surface area contributed by atoms with Gasteiger partial charge in [0.2, 0.25) is 5.91 Å². The molecule has 70 valence electrons. The van der Waals surface area contributed by atoms with Crippen molar-refractivity contribution in [3.8, 4) is 0 Å².